The number of cyclic esters (lactones) is 1. The van der Waals surface area contributed by atoms with E-state index in [0.717, 1.165) is 34.9 Å². The fourth-order valence-electron chi connectivity index (χ4n) is 12.0. The summed E-state index contributed by atoms with van der Waals surface area (Å²) in [6, 6.07) is 13.0. The van der Waals surface area contributed by atoms with Crippen LogP contribution in [-0.4, -0.2) is 100 Å². The number of aliphatic hydroxyl groups is 1. The molecule has 6 heterocycles. The van der Waals surface area contributed by atoms with Crippen LogP contribution < -0.4 is 16.6 Å². The smallest absolute Gasteiger partial charge is 0.407 e. The number of fused-ring (bicyclic) bond motifs is 5. The van der Waals surface area contributed by atoms with Crippen LogP contribution in [0, 0.1) is 24.6 Å². The van der Waals surface area contributed by atoms with Gasteiger partial charge in [0.1, 0.15) is 23.9 Å². The lowest BCUT2D eigenvalue weighted by Gasteiger charge is -2.38. The van der Waals surface area contributed by atoms with Gasteiger partial charge in [0.2, 0.25) is 5.91 Å². The fraction of sp³-hybridized carbons (Fsp3) is 0.436. The first-order valence-corrected chi connectivity index (χ1v) is 25.6. The number of ether oxygens (including phenoxy) is 2. The molecule has 2 aliphatic carbocycles. The molecule has 3 aromatic carbocycles. The molecule has 5 N–H and O–H groups in total. The number of amides is 2. The normalized spacial score (nSPS) is 21.3. The number of aromatic amines is 1. The fourth-order valence-corrected chi connectivity index (χ4v) is 12.0. The Kier molecular flexibility index (Phi) is 12.4. The maximum absolute atomic E-state index is 15.4. The predicted octanol–water partition coefficient (Wildman–Crippen LogP) is 6.47. The quantitative estimate of drug-likeness (QED) is 0.0926. The summed E-state index contributed by atoms with van der Waals surface area (Å²) in [5.74, 6) is -1.11. The second kappa shape index (κ2) is 18.8. The number of aryl methyl sites for hydroxylation is 1. The zero-order valence-corrected chi connectivity index (χ0v) is 41.8. The zero-order chi connectivity index (χ0) is 51.9. The van der Waals surface area contributed by atoms with E-state index in [0.29, 0.717) is 103 Å². The second-order valence-corrected chi connectivity index (χ2v) is 20.9. The average molecular weight is 1010 g/mol. The van der Waals surface area contributed by atoms with E-state index in [2.05, 4.69) is 20.4 Å². The summed E-state index contributed by atoms with van der Waals surface area (Å²) >= 11 is 0. The molecular formula is C55H59FN8O10. The van der Waals surface area contributed by atoms with E-state index in [1.54, 1.807) is 30.5 Å². The molecular weight excluding hydrogens is 952 g/mol. The predicted molar refractivity (Wildman–Crippen MR) is 269 cm³/mol. The Labute approximate surface area is 424 Å². The van der Waals surface area contributed by atoms with Gasteiger partial charge < -0.3 is 39.6 Å². The number of aromatic nitrogens is 5. The number of rotatable bonds is 10. The largest absolute Gasteiger partial charge is 0.508 e. The first-order valence-electron chi connectivity index (χ1n) is 25.6. The minimum absolute atomic E-state index is 0.00628. The first kappa shape index (κ1) is 48.9. The number of halogens is 1. The Bertz CT molecular complexity index is 3400. The standard InChI is InChI=1S/C55H59FN8O10/c1-5-55(72)39-21-43-48-37(25-63(43)51(68)38(39)27-73-52(55)69)47-41(15-14-34-29(4)40(56)22-42(57-48)46(34)47)58-54(71)74-26-31-6-10-32(11-7-31)50(67)62-18-16-61(17-19-62)24-30-8-12-33(13-9-30)64-49(59-60-53(64)70)36-20-35(28(2)3)44(65)23-45(36)66/h8-9,12-13,20-23,28,31-32,41,65-66,72H,5-7,10-11,14-19,24-27H2,1-4H3,(H,58,71)(H,60,70)/t31?,32?,41-,55-/m0/s1. The van der Waals surface area contributed by atoms with Crippen molar-refractivity contribution in [2.45, 2.75) is 110 Å². The number of carbonyl (C=O) groups is 3. The average Bonchev–Trinajstić information content (AvgIpc) is 3.97. The number of phenolic OH excluding ortho intramolecular Hbond substituents is 2. The van der Waals surface area contributed by atoms with E-state index in [1.165, 1.54) is 16.7 Å². The summed E-state index contributed by atoms with van der Waals surface area (Å²) in [6.45, 7) is 10.6. The van der Waals surface area contributed by atoms with Crippen molar-refractivity contribution in [3.05, 3.63) is 120 Å². The number of hydrogen-bond acceptors (Lipinski definition) is 13. The lowest BCUT2D eigenvalue weighted by atomic mass is 9.81. The molecule has 1 saturated heterocycles. The number of aromatic hydroxyl groups is 2. The van der Waals surface area contributed by atoms with Gasteiger partial charge in [-0.25, -0.2) is 33.4 Å². The number of piperazine rings is 1. The van der Waals surface area contributed by atoms with E-state index in [4.69, 9.17) is 14.5 Å². The molecule has 11 rings (SSSR count). The number of benzene rings is 3. The zero-order valence-electron chi connectivity index (χ0n) is 41.8. The lowest BCUT2D eigenvalue weighted by molar-refractivity contribution is -0.172. The van der Waals surface area contributed by atoms with Crippen LogP contribution in [0.5, 0.6) is 11.5 Å². The van der Waals surface area contributed by atoms with Crippen LogP contribution in [0.15, 0.2) is 58.1 Å². The van der Waals surface area contributed by atoms with Crippen LogP contribution in [0.25, 0.3) is 39.4 Å². The molecule has 1 saturated carbocycles. The van der Waals surface area contributed by atoms with Crippen molar-refractivity contribution in [3.63, 3.8) is 0 Å². The van der Waals surface area contributed by atoms with Crippen LogP contribution >= 0.6 is 0 Å². The van der Waals surface area contributed by atoms with Crippen LogP contribution in [0.1, 0.15) is 116 Å². The highest BCUT2D eigenvalue weighted by atomic mass is 19.1. The lowest BCUT2D eigenvalue weighted by Crippen LogP contribution is -2.50. The molecule has 3 aliphatic heterocycles. The number of hydrogen-bond donors (Lipinski definition) is 5. The highest BCUT2D eigenvalue weighted by molar-refractivity contribution is 5.94. The number of nitrogens with one attached hydrogen (secondary N) is 2. The van der Waals surface area contributed by atoms with Crippen molar-refractivity contribution >= 4 is 28.9 Å². The molecule has 0 bridgehead atoms. The second-order valence-electron chi connectivity index (χ2n) is 20.9. The number of H-pyrrole nitrogens is 1. The number of alkyl carbamates (subject to hydrolysis) is 1. The Morgan fingerprint density at radius 1 is 0.959 bits per heavy atom. The maximum Gasteiger partial charge on any atom is 0.407 e. The molecule has 2 fully saturated rings. The van der Waals surface area contributed by atoms with Crippen LogP contribution in [0.3, 0.4) is 0 Å². The molecule has 3 aromatic heterocycles. The van der Waals surface area contributed by atoms with Gasteiger partial charge >= 0.3 is 17.8 Å². The molecule has 0 spiro atoms. The van der Waals surface area contributed by atoms with Crippen molar-refractivity contribution < 1.29 is 43.6 Å². The molecule has 74 heavy (non-hydrogen) atoms. The number of nitrogens with zero attached hydrogens (tertiary/aromatic N) is 6. The van der Waals surface area contributed by atoms with E-state index >= 15 is 4.39 Å². The Balaban J connectivity index is 0.690. The van der Waals surface area contributed by atoms with Crippen molar-refractivity contribution in [2.75, 3.05) is 32.8 Å². The summed E-state index contributed by atoms with van der Waals surface area (Å²) in [5, 5.41) is 43.0. The summed E-state index contributed by atoms with van der Waals surface area (Å²) < 4.78 is 29.5. The van der Waals surface area contributed by atoms with Crippen LogP contribution in [0.2, 0.25) is 0 Å². The molecule has 18 nitrogen and oxygen atoms in total. The highest BCUT2D eigenvalue weighted by Crippen LogP contribution is 2.46. The van der Waals surface area contributed by atoms with Gasteiger partial charge in [-0.3, -0.25) is 14.5 Å². The third-order valence-corrected chi connectivity index (χ3v) is 16.3. The summed E-state index contributed by atoms with van der Waals surface area (Å²) in [7, 11) is 0. The number of carbonyl (C=O) groups excluding carboxylic acids is 3. The van der Waals surface area contributed by atoms with Crippen molar-refractivity contribution in [2.24, 2.45) is 11.8 Å². The van der Waals surface area contributed by atoms with Crippen molar-refractivity contribution in [1.82, 2.24) is 39.4 Å². The Morgan fingerprint density at radius 2 is 1.70 bits per heavy atom. The minimum atomic E-state index is -2.00. The molecule has 2 atom stereocenters. The van der Waals surface area contributed by atoms with E-state index in [9.17, 15) is 39.3 Å². The van der Waals surface area contributed by atoms with Crippen LogP contribution in [0.4, 0.5) is 9.18 Å². The van der Waals surface area contributed by atoms with Gasteiger partial charge in [-0.2, -0.15) is 5.10 Å². The highest BCUT2D eigenvalue weighted by Gasteiger charge is 2.46. The van der Waals surface area contributed by atoms with Crippen molar-refractivity contribution in [1.29, 1.82) is 0 Å². The molecule has 6 aromatic rings. The van der Waals surface area contributed by atoms with Crippen LogP contribution in [-0.2, 0) is 50.8 Å². The Morgan fingerprint density at radius 3 is 2.42 bits per heavy atom. The van der Waals surface area contributed by atoms with Gasteiger partial charge in [0.05, 0.1) is 52.9 Å². The summed E-state index contributed by atoms with van der Waals surface area (Å²) in [4.78, 5) is 76.3. The van der Waals surface area contributed by atoms with Gasteiger partial charge in [0.25, 0.3) is 5.56 Å². The van der Waals surface area contributed by atoms with E-state index in [-0.39, 0.29) is 78.3 Å². The van der Waals surface area contributed by atoms with Gasteiger partial charge in [0, 0.05) is 67.3 Å². The third kappa shape index (κ3) is 8.29. The number of phenols is 2. The SMILES string of the molecule is CC[C@@]1(O)C(=O)OCc2c1cc1n(c2=O)Cc2c-1nc1cc(F)c(C)c3c1c2[C@@H](NC(=O)OCC1CCC(C(=O)N2CCN(Cc4ccc(-n5c(-c6cc(C(C)C)c(O)cc6O)n[nH]c5=O)cc4)CC2)CC1)CC3. The topological polar surface area (TPSA) is 234 Å². The molecule has 5 aliphatic rings. The summed E-state index contributed by atoms with van der Waals surface area (Å²) in [5.41, 5.74) is 4.00. The van der Waals surface area contributed by atoms with Gasteiger partial charge in [-0.05, 0) is 116 Å². The third-order valence-electron chi connectivity index (χ3n) is 16.3. The molecule has 2 amide bonds. The van der Waals surface area contributed by atoms with Gasteiger partial charge in [-0.15, -0.1) is 0 Å². The molecule has 19 heteroatoms. The van der Waals surface area contributed by atoms with Gasteiger partial charge in [0.15, 0.2) is 11.4 Å². The van der Waals surface area contributed by atoms with Crippen molar-refractivity contribution in [3.8, 4) is 40.0 Å². The van der Waals surface area contributed by atoms with Gasteiger partial charge in [-0.1, -0.05) is 32.9 Å². The summed E-state index contributed by atoms with van der Waals surface area (Å²) in [6.07, 6.45) is 3.22. The monoisotopic (exact) mass is 1010 g/mol. The minimum Gasteiger partial charge on any atom is -0.508 e. The molecule has 0 unspecified atom stereocenters. The number of esters is 1. The molecule has 0 radical (unpaired) electrons. The Hall–Kier alpha value is -7.38. The van der Waals surface area contributed by atoms with E-state index < -0.39 is 40.8 Å². The number of pyridine rings is 2. The molecule has 386 valence electrons. The van der Waals surface area contributed by atoms with E-state index in [1.807, 2.05) is 43.0 Å². The maximum atomic E-state index is 15.4. The first-order chi connectivity index (χ1) is 35.5.